The summed E-state index contributed by atoms with van der Waals surface area (Å²) in [7, 11) is -2.31. The number of amides is 4. The highest BCUT2D eigenvalue weighted by Gasteiger charge is 2.62. The number of fused-ring (bicyclic) bond motifs is 1. The van der Waals surface area contributed by atoms with Crippen molar-refractivity contribution in [1.29, 1.82) is 0 Å². The monoisotopic (exact) mass is 735 g/mol. The van der Waals surface area contributed by atoms with Gasteiger partial charge >= 0.3 is 6.09 Å². The first-order valence-corrected chi connectivity index (χ1v) is 19.0. The number of hydrogen-bond acceptors (Lipinski definition) is 10. The zero-order chi connectivity index (χ0) is 37.4. The molecular weight excluding hydrogens is 691 g/mol. The van der Waals surface area contributed by atoms with Crippen LogP contribution in [0.3, 0.4) is 0 Å². The lowest BCUT2D eigenvalue weighted by molar-refractivity contribution is -0.141. The van der Waals surface area contributed by atoms with Crippen LogP contribution < -0.4 is 24.8 Å². The number of pyridine rings is 1. The van der Waals surface area contributed by atoms with Crippen LogP contribution in [-0.4, -0.2) is 84.3 Å². The Morgan fingerprint density at radius 2 is 1.79 bits per heavy atom. The molecule has 0 radical (unpaired) electrons. The average Bonchev–Trinajstić information content (AvgIpc) is 4.03. The van der Waals surface area contributed by atoms with E-state index in [1.54, 1.807) is 70.5 Å². The summed E-state index contributed by atoms with van der Waals surface area (Å²) in [6.07, 6.45) is 1.77. The second kappa shape index (κ2) is 14.2. The molecule has 3 N–H and O–H groups in total. The van der Waals surface area contributed by atoms with Crippen LogP contribution in [0.4, 0.5) is 4.79 Å². The predicted octanol–water partition coefficient (Wildman–Crippen LogP) is 3.75. The first-order chi connectivity index (χ1) is 24.6. The molecule has 4 amide bonds. The molecule has 2 aromatic carbocycles. The first kappa shape index (κ1) is 36.9. The fourth-order valence-corrected chi connectivity index (χ4v) is 8.07. The van der Waals surface area contributed by atoms with Crippen molar-refractivity contribution in [2.45, 2.75) is 94.4 Å². The number of nitrogens with zero attached hydrogens (tertiary/aromatic N) is 2. The Hall–Kier alpha value is -4.92. The van der Waals surface area contributed by atoms with Gasteiger partial charge in [0.05, 0.1) is 18.9 Å². The molecular formula is C37H45N5O9S. The van der Waals surface area contributed by atoms with Crippen molar-refractivity contribution < 1.29 is 41.8 Å². The third kappa shape index (κ3) is 7.93. The number of sulfonamides is 1. The number of carbonyl (C=O) groups is 4. The van der Waals surface area contributed by atoms with Crippen molar-refractivity contribution in [3.63, 3.8) is 0 Å². The highest BCUT2D eigenvalue weighted by molar-refractivity contribution is 7.91. The number of aromatic nitrogens is 1. The molecule has 3 aromatic rings. The zero-order valence-electron chi connectivity index (χ0n) is 29.9. The number of methoxy groups -OCH3 is 1. The molecule has 2 saturated carbocycles. The molecule has 52 heavy (non-hydrogen) atoms. The fourth-order valence-electron chi connectivity index (χ4n) is 6.70. The summed E-state index contributed by atoms with van der Waals surface area (Å²) in [5.74, 6) is -1.39. The molecule has 15 heteroatoms. The van der Waals surface area contributed by atoms with Crippen LogP contribution in [0.25, 0.3) is 10.8 Å². The number of carbonyl (C=O) groups excluding carboxylic acids is 4. The van der Waals surface area contributed by atoms with Crippen LogP contribution in [0.2, 0.25) is 0 Å². The maximum Gasteiger partial charge on any atom is 0.408 e. The lowest BCUT2D eigenvalue weighted by atomic mass is 10.0. The van der Waals surface area contributed by atoms with Crippen LogP contribution in [0.5, 0.6) is 11.6 Å². The Labute approximate surface area is 303 Å². The summed E-state index contributed by atoms with van der Waals surface area (Å²) in [6.45, 7) is 6.91. The summed E-state index contributed by atoms with van der Waals surface area (Å²) in [4.78, 5) is 61.2. The Bertz CT molecular complexity index is 1960. The largest absolute Gasteiger partial charge is 0.497 e. The maximum absolute atomic E-state index is 14.6. The van der Waals surface area contributed by atoms with Gasteiger partial charge in [-0.05, 0) is 81.2 Å². The van der Waals surface area contributed by atoms with Crippen molar-refractivity contribution in [3.05, 3.63) is 66.4 Å². The molecule has 1 saturated heterocycles. The summed E-state index contributed by atoms with van der Waals surface area (Å²) in [5, 5.41) is 6.41. The standard InChI is InChI=1S/C37H45N5O9S/c1-6-24-20-37(24,34(45)41-52(47,48)27-13-14-27)40-31(43)29-19-26(50-32-28-15-12-25(49-5)18-23(28)16-17-38-32)21-42(29)33(44)30(22-10-8-7-9-11-22)39-35(46)51-36(2,3)4/h7-12,15-18,24,26-27,29-30H,6,13-14,19-21H2,1-5H3,(H,39,46)(H,40,43)(H,41,45)/t24-,26-,29+,30+,37-/m1/s1. The quantitative estimate of drug-likeness (QED) is 0.248. The molecule has 1 aliphatic heterocycles. The highest BCUT2D eigenvalue weighted by atomic mass is 32.2. The molecule has 2 aliphatic carbocycles. The van der Waals surface area contributed by atoms with Gasteiger partial charge in [0.2, 0.25) is 21.8 Å². The van der Waals surface area contributed by atoms with Gasteiger partial charge < -0.3 is 29.7 Å². The molecule has 14 nitrogen and oxygen atoms in total. The second-order valence-corrected chi connectivity index (χ2v) is 16.6. The van der Waals surface area contributed by atoms with Crippen LogP contribution >= 0.6 is 0 Å². The Morgan fingerprint density at radius 1 is 1.06 bits per heavy atom. The van der Waals surface area contributed by atoms with E-state index in [4.69, 9.17) is 14.2 Å². The number of rotatable bonds is 12. The zero-order valence-corrected chi connectivity index (χ0v) is 30.7. The van der Waals surface area contributed by atoms with Crippen LogP contribution in [-0.2, 0) is 29.1 Å². The molecule has 5 atom stereocenters. The van der Waals surface area contributed by atoms with Gasteiger partial charge in [-0.2, -0.15) is 0 Å². The number of ether oxygens (including phenoxy) is 3. The van der Waals surface area contributed by atoms with Crippen LogP contribution in [0, 0.1) is 5.92 Å². The molecule has 278 valence electrons. The van der Waals surface area contributed by atoms with E-state index >= 15 is 0 Å². The Kier molecular flexibility index (Phi) is 10.1. The lowest BCUT2D eigenvalue weighted by Gasteiger charge is -2.30. The molecule has 0 bridgehead atoms. The summed E-state index contributed by atoms with van der Waals surface area (Å²) in [6, 6.07) is 13.4. The van der Waals surface area contributed by atoms with Crippen molar-refractivity contribution in [3.8, 4) is 11.6 Å². The number of hydrogen-bond donors (Lipinski definition) is 3. The van der Waals surface area contributed by atoms with E-state index in [-0.39, 0.29) is 25.3 Å². The molecule has 3 fully saturated rings. The molecule has 3 aliphatic rings. The summed E-state index contributed by atoms with van der Waals surface area (Å²) in [5.41, 5.74) is -1.84. The van der Waals surface area contributed by atoms with Crippen molar-refractivity contribution >= 4 is 44.6 Å². The molecule has 0 spiro atoms. The van der Waals surface area contributed by atoms with Crippen molar-refractivity contribution in [2.24, 2.45) is 5.92 Å². The number of alkyl carbamates (subject to hydrolysis) is 1. The molecule has 0 unspecified atom stereocenters. The number of benzene rings is 2. The van der Waals surface area contributed by atoms with E-state index in [1.165, 1.54) is 4.90 Å². The third-order valence-corrected chi connectivity index (χ3v) is 11.5. The number of nitrogens with one attached hydrogen (secondary N) is 3. The Morgan fingerprint density at radius 3 is 2.42 bits per heavy atom. The number of likely N-dealkylation sites (tertiary alicyclic amines) is 1. The highest BCUT2D eigenvalue weighted by Crippen LogP contribution is 2.47. The SMILES string of the molecule is CC[C@@H]1C[C@]1(NC(=O)[C@@H]1C[C@@H](Oc2nccc3cc(OC)ccc23)CN1C(=O)[C@@H](NC(=O)OC(C)(C)C)c1ccccc1)C(=O)NS(=O)(=O)C1CC1. The van der Waals surface area contributed by atoms with Gasteiger partial charge in [-0.25, -0.2) is 18.2 Å². The molecule has 6 rings (SSSR count). The smallest absolute Gasteiger partial charge is 0.408 e. The molecule has 1 aromatic heterocycles. The molecule has 2 heterocycles. The van der Waals surface area contributed by atoms with Crippen molar-refractivity contribution in [2.75, 3.05) is 13.7 Å². The topological polar surface area (TPSA) is 182 Å². The minimum Gasteiger partial charge on any atom is -0.497 e. The predicted molar refractivity (Wildman–Crippen MR) is 191 cm³/mol. The summed E-state index contributed by atoms with van der Waals surface area (Å²) >= 11 is 0. The normalized spacial score (nSPS) is 23.3. The minimum atomic E-state index is -3.87. The van der Waals surface area contributed by atoms with E-state index in [1.807, 2.05) is 25.1 Å². The van der Waals surface area contributed by atoms with E-state index in [9.17, 15) is 27.6 Å². The Balaban J connectivity index is 1.31. The van der Waals surface area contributed by atoms with Gasteiger partial charge in [0.15, 0.2) is 0 Å². The van der Waals surface area contributed by atoms with Gasteiger partial charge in [-0.3, -0.25) is 19.1 Å². The van der Waals surface area contributed by atoms with E-state index in [0.717, 1.165) is 5.39 Å². The minimum absolute atomic E-state index is 0.0224. The van der Waals surface area contributed by atoms with Crippen LogP contribution in [0.1, 0.15) is 71.4 Å². The van der Waals surface area contributed by atoms with Gasteiger partial charge in [0, 0.05) is 18.0 Å². The van der Waals surface area contributed by atoms with Crippen LogP contribution in [0.15, 0.2) is 60.8 Å². The fraction of sp³-hybridized carbons (Fsp3) is 0.486. The first-order valence-electron chi connectivity index (χ1n) is 17.5. The van der Waals surface area contributed by atoms with Gasteiger partial charge in [-0.15, -0.1) is 0 Å². The maximum atomic E-state index is 14.6. The van der Waals surface area contributed by atoms with Gasteiger partial charge in [0.1, 0.15) is 35.1 Å². The van der Waals surface area contributed by atoms with Crippen molar-refractivity contribution in [1.82, 2.24) is 25.2 Å². The second-order valence-electron chi connectivity index (χ2n) is 14.6. The van der Waals surface area contributed by atoms with Gasteiger partial charge in [0.25, 0.3) is 11.8 Å². The van der Waals surface area contributed by atoms with E-state index < -0.39 is 68.4 Å². The lowest BCUT2D eigenvalue weighted by Crippen LogP contribution is -2.57. The average molecular weight is 736 g/mol. The van der Waals surface area contributed by atoms with E-state index in [2.05, 4.69) is 20.3 Å². The van der Waals surface area contributed by atoms with Gasteiger partial charge in [-0.1, -0.05) is 43.7 Å². The summed E-state index contributed by atoms with van der Waals surface area (Å²) < 4.78 is 44.9. The van der Waals surface area contributed by atoms with E-state index in [0.29, 0.717) is 41.8 Å². The third-order valence-electron chi connectivity index (χ3n) is 9.65.